The van der Waals surface area contributed by atoms with Crippen molar-refractivity contribution in [2.75, 3.05) is 0 Å². The highest BCUT2D eigenvalue weighted by molar-refractivity contribution is 7.58. The Labute approximate surface area is 126 Å². The summed E-state index contributed by atoms with van der Waals surface area (Å²) in [5, 5.41) is 8.56. The molecule has 0 saturated heterocycles. The number of amides is 1. The minimum Gasteiger partial charge on any atom is -0.279 e. The molecule has 0 atom stereocenters. The number of pyridine rings is 1. The van der Waals surface area contributed by atoms with Gasteiger partial charge in [-0.25, -0.2) is 10.2 Å². The molecule has 7 heteroatoms. The summed E-state index contributed by atoms with van der Waals surface area (Å²) in [5.41, 5.74) is -0.421. The average molecular weight is 312 g/mol. The molecule has 118 valence electrons. The summed E-state index contributed by atoms with van der Waals surface area (Å²) in [5.74, 6) is -0.408. The van der Waals surface area contributed by atoms with Crippen LogP contribution >= 0.6 is 7.59 Å². The summed E-state index contributed by atoms with van der Waals surface area (Å²) in [6.07, 6.45) is 3.04. The van der Waals surface area contributed by atoms with Crippen molar-refractivity contribution in [2.24, 2.45) is 0 Å². The Balaban J connectivity index is 2.98. The van der Waals surface area contributed by atoms with Crippen molar-refractivity contribution in [3.8, 4) is 0 Å². The normalized spacial score (nSPS) is 13.0. The van der Waals surface area contributed by atoms with Gasteiger partial charge in [0, 0.05) is 29.0 Å². The van der Waals surface area contributed by atoms with Crippen LogP contribution in [0.25, 0.3) is 0 Å². The van der Waals surface area contributed by atoms with E-state index in [1.807, 2.05) is 41.5 Å². The lowest BCUT2D eigenvalue weighted by atomic mass is 10.1. The predicted octanol–water partition coefficient (Wildman–Crippen LogP) is 2.70. The molecule has 1 aromatic rings. The molecule has 21 heavy (non-hydrogen) atoms. The number of carbonyl (C=O) groups is 1. The predicted molar refractivity (Wildman–Crippen MR) is 85.1 cm³/mol. The minimum absolute atomic E-state index is 0.408. The summed E-state index contributed by atoms with van der Waals surface area (Å²) in [4.78, 5) is 16.1. The largest absolute Gasteiger partial charge is 0.306 e. The first kappa shape index (κ1) is 17.8. The van der Waals surface area contributed by atoms with Gasteiger partial charge in [0.25, 0.3) is 5.91 Å². The highest BCUT2D eigenvalue weighted by atomic mass is 31.2. The van der Waals surface area contributed by atoms with E-state index in [-0.39, 0.29) is 0 Å². The third-order valence-corrected chi connectivity index (χ3v) is 4.68. The summed E-state index contributed by atoms with van der Waals surface area (Å²) >= 11 is 0. The Morgan fingerprint density at radius 2 is 1.43 bits per heavy atom. The topological polar surface area (TPSA) is 83.1 Å². The molecule has 0 bridgehead atoms. The zero-order valence-corrected chi connectivity index (χ0v) is 14.4. The first-order valence-corrected chi connectivity index (χ1v) is 8.52. The smallest absolute Gasteiger partial charge is 0.279 e. The molecule has 3 N–H and O–H groups in total. The zero-order valence-electron chi connectivity index (χ0n) is 13.5. The molecule has 1 aromatic heterocycles. The van der Waals surface area contributed by atoms with E-state index in [9.17, 15) is 9.36 Å². The van der Waals surface area contributed by atoms with Gasteiger partial charge >= 0.3 is 7.59 Å². The SMILES string of the molecule is CC(C)(C)NP(=O)(NC(=O)c1ccncc1)NC(C)(C)C. The third-order valence-electron chi connectivity index (χ3n) is 2.19. The highest BCUT2D eigenvalue weighted by Gasteiger charge is 2.33. The van der Waals surface area contributed by atoms with Crippen molar-refractivity contribution in [3.05, 3.63) is 30.1 Å². The highest BCUT2D eigenvalue weighted by Crippen LogP contribution is 2.37. The standard InChI is InChI=1S/C14H25N4O2P/c1-13(2,3)17-21(20,18-14(4,5)6)16-12(19)11-7-9-15-10-8-11/h7-10H,1-6H3,(H3,16,17,18,19,20). The Kier molecular flexibility index (Phi) is 5.31. The van der Waals surface area contributed by atoms with Crippen LogP contribution in [0.3, 0.4) is 0 Å². The number of rotatable bonds is 4. The van der Waals surface area contributed by atoms with Crippen molar-refractivity contribution < 1.29 is 9.36 Å². The fraction of sp³-hybridized carbons (Fsp3) is 0.571. The molecule has 0 spiro atoms. The molecule has 0 aliphatic heterocycles. The summed E-state index contributed by atoms with van der Waals surface area (Å²) < 4.78 is 13.1. The van der Waals surface area contributed by atoms with Crippen LogP contribution in [0.4, 0.5) is 0 Å². The Morgan fingerprint density at radius 3 is 1.81 bits per heavy atom. The number of carbonyl (C=O) groups excluding carboxylic acids is 1. The van der Waals surface area contributed by atoms with E-state index in [0.29, 0.717) is 5.56 Å². The van der Waals surface area contributed by atoms with Crippen LogP contribution in [0.5, 0.6) is 0 Å². The Morgan fingerprint density at radius 1 is 1.00 bits per heavy atom. The lowest BCUT2D eigenvalue weighted by molar-refractivity contribution is 0.0978. The van der Waals surface area contributed by atoms with Gasteiger partial charge in [0.05, 0.1) is 0 Å². The maximum atomic E-state index is 13.1. The van der Waals surface area contributed by atoms with Crippen molar-refractivity contribution in [1.82, 2.24) is 20.2 Å². The first-order valence-electron chi connectivity index (χ1n) is 6.82. The number of nitrogens with zero attached hydrogens (tertiary/aromatic N) is 1. The molecule has 0 fully saturated rings. The molecule has 1 heterocycles. The van der Waals surface area contributed by atoms with E-state index in [4.69, 9.17) is 0 Å². The Hall–Kier alpha value is -1.23. The molecule has 0 aromatic carbocycles. The van der Waals surface area contributed by atoms with Crippen molar-refractivity contribution in [3.63, 3.8) is 0 Å². The zero-order chi connectivity index (χ0) is 16.3. The molecule has 0 unspecified atom stereocenters. The lowest BCUT2D eigenvalue weighted by Crippen LogP contribution is -2.48. The van der Waals surface area contributed by atoms with E-state index in [1.54, 1.807) is 12.1 Å². The van der Waals surface area contributed by atoms with Crippen LogP contribution in [-0.4, -0.2) is 22.0 Å². The maximum Gasteiger partial charge on any atom is 0.306 e. The van der Waals surface area contributed by atoms with Crippen molar-refractivity contribution in [1.29, 1.82) is 0 Å². The van der Waals surface area contributed by atoms with Crippen LogP contribution in [0.1, 0.15) is 51.9 Å². The van der Waals surface area contributed by atoms with E-state index in [1.165, 1.54) is 12.4 Å². The van der Waals surface area contributed by atoms with Crippen LogP contribution in [-0.2, 0) is 4.57 Å². The maximum absolute atomic E-state index is 13.1. The van der Waals surface area contributed by atoms with E-state index in [2.05, 4.69) is 20.2 Å². The second-order valence-corrected chi connectivity index (χ2v) is 8.90. The fourth-order valence-electron chi connectivity index (χ4n) is 1.74. The molecular weight excluding hydrogens is 287 g/mol. The summed E-state index contributed by atoms with van der Waals surface area (Å²) in [6.45, 7) is 11.3. The van der Waals surface area contributed by atoms with E-state index in [0.717, 1.165) is 0 Å². The van der Waals surface area contributed by atoms with Crippen molar-refractivity contribution in [2.45, 2.75) is 52.6 Å². The fourth-order valence-corrected chi connectivity index (χ4v) is 4.21. The minimum atomic E-state index is -3.30. The van der Waals surface area contributed by atoms with Gasteiger partial charge in [-0.3, -0.25) is 19.4 Å². The molecule has 0 aliphatic rings. The van der Waals surface area contributed by atoms with Gasteiger partial charge in [0.1, 0.15) is 0 Å². The molecular formula is C14H25N4O2P. The van der Waals surface area contributed by atoms with Crippen LogP contribution in [0.15, 0.2) is 24.5 Å². The van der Waals surface area contributed by atoms with Crippen LogP contribution < -0.4 is 15.3 Å². The molecule has 0 radical (unpaired) electrons. The quantitative estimate of drug-likeness (QED) is 0.745. The number of aromatic nitrogens is 1. The molecule has 0 saturated carbocycles. The molecule has 1 amide bonds. The third kappa shape index (κ3) is 6.85. The molecule has 1 rings (SSSR count). The van der Waals surface area contributed by atoms with E-state index < -0.39 is 24.6 Å². The lowest BCUT2D eigenvalue weighted by Gasteiger charge is -2.34. The average Bonchev–Trinajstić information content (AvgIpc) is 2.24. The van der Waals surface area contributed by atoms with Gasteiger partial charge in [0.2, 0.25) is 0 Å². The molecule has 6 nitrogen and oxygen atoms in total. The first-order chi connectivity index (χ1) is 9.40. The second-order valence-electron chi connectivity index (χ2n) is 7.01. The number of hydrogen-bond acceptors (Lipinski definition) is 3. The second kappa shape index (κ2) is 6.26. The summed E-state index contributed by atoms with van der Waals surface area (Å²) in [6, 6.07) is 3.15. The van der Waals surface area contributed by atoms with Gasteiger partial charge in [0.15, 0.2) is 0 Å². The van der Waals surface area contributed by atoms with Gasteiger partial charge in [-0.2, -0.15) is 0 Å². The summed E-state index contributed by atoms with van der Waals surface area (Å²) in [7, 11) is -3.30. The number of nitrogens with one attached hydrogen (secondary N) is 3. The van der Waals surface area contributed by atoms with Gasteiger partial charge in [-0.15, -0.1) is 0 Å². The van der Waals surface area contributed by atoms with Crippen molar-refractivity contribution >= 4 is 13.5 Å². The van der Waals surface area contributed by atoms with Gasteiger partial charge in [-0.1, -0.05) is 0 Å². The molecule has 0 aliphatic carbocycles. The van der Waals surface area contributed by atoms with Gasteiger partial charge in [-0.05, 0) is 53.7 Å². The van der Waals surface area contributed by atoms with E-state index >= 15 is 0 Å². The monoisotopic (exact) mass is 312 g/mol. The number of hydrogen-bond donors (Lipinski definition) is 3. The van der Waals surface area contributed by atoms with Crippen LogP contribution in [0.2, 0.25) is 0 Å². The van der Waals surface area contributed by atoms with Gasteiger partial charge < -0.3 is 0 Å². The Bertz CT molecular complexity index is 512. The van der Waals surface area contributed by atoms with Crippen LogP contribution in [0, 0.1) is 0 Å².